The Morgan fingerprint density at radius 2 is 1.81 bits per heavy atom. The van der Waals surface area contributed by atoms with Crippen molar-refractivity contribution in [3.63, 3.8) is 0 Å². The van der Waals surface area contributed by atoms with Gasteiger partial charge in [-0.15, -0.1) is 24.0 Å². The molecule has 3 rings (SSSR count). The Labute approximate surface area is 203 Å². The lowest BCUT2D eigenvalue weighted by molar-refractivity contribution is -0.138. The fourth-order valence-electron chi connectivity index (χ4n) is 3.65. The number of guanidine groups is 1. The Morgan fingerprint density at radius 3 is 2.38 bits per heavy atom. The van der Waals surface area contributed by atoms with Crippen molar-refractivity contribution >= 4 is 35.6 Å². The third-order valence-electron chi connectivity index (χ3n) is 5.54. The first-order chi connectivity index (χ1) is 14.7. The second-order valence-electron chi connectivity index (χ2n) is 7.49. The summed E-state index contributed by atoms with van der Waals surface area (Å²) in [5.74, 6) is 0.424. The number of nitrogens with zero attached hydrogens (tertiary/aromatic N) is 4. The summed E-state index contributed by atoms with van der Waals surface area (Å²) >= 11 is 0. The third-order valence-corrected chi connectivity index (χ3v) is 5.54. The number of nitrogens with one attached hydrogen (secondary N) is 2. The minimum absolute atomic E-state index is 0. The molecule has 0 saturated carbocycles. The number of alkyl halides is 3. The average molecular weight is 566 g/mol. The standard InChI is InChI=1S/C21H29F3N6O.HI/c1-14-18(15(2)29(4)28-14)13-27-20(25-3)26-12-16-5-6-17(11-19(16)21(22,23)24)30-7-9-31-10-8-30;/h5-6,11H,7-10,12-13H2,1-4H3,(H2,25,26,27);1H. The van der Waals surface area contributed by atoms with Gasteiger partial charge in [-0.2, -0.15) is 18.3 Å². The lowest BCUT2D eigenvalue weighted by Crippen LogP contribution is -2.37. The minimum Gasteiger partial charge on any atom is -0.378 e. The summed E-state index contributed by atoms with van der Waals surface area (Å²) in [5, 5.41) is 10.5. The molecule has 0 bridgehead atoms. The molecule has 32 heavy (non-hydrogen) atoms. The predicted molar refractivity (Wildman–Crippen MR) is 130 cm³/mol. The lowest BCUT2D eigenvalue weighted by Gasteiger charge is -2.29. The number of ether oxygens (including phenoxy) is 1. The molecule has 0 radical (unpaired) electrons. The summed E-state index contributed by atoms with van der Waals surface area (Å²) in [6, 6.07) is 4.49. The molecule has 1 aromatic heterocycles. The van der Waals surface area contributed by atoms with Crippen LogP contribution in [0.3, 0.4) is 0 Å². The molecule has 1 fully saturated rings. The smallest absolute Gasteiger partial charge is 0.378 e. The lowest BCUT2D eigenvalue weighted by atomic mass is 10.0. The molecule has 0 atom stereocenters. The largest absolute Gasteiger partial charge is 0.416 e. The van der Waals surface area contributed by atoms with Crippen LogP contribution in [0.5, 0.6) is 0 Å². The van der Waals surface area contributed by atoms with Gasteiger partial charge in [0.15, 0.2) is 5.96 Å². The normalized spacial score (nSPS) is 14.8. The number of morpholine rings is 1. The summed E-state index contributed by atoms with van der Waals surface area (Å²) in [6.45, 7) is 6.57. The van der Waals surface area contributed by atoms with Crippen molar-refractivity contribution in [2.24, 2.45) is 12.0 Å². The van der Waals surface area contributed by atoms with Crippen molar-refractivity contribution in [1.29, 1.82) is 0 Å². The molecule has 0 amide bonds. The van der Waals surface area contributed by atoms with Crippen molar-refractivity contribution < 1.29 is 17.9 Å². The van der Waals surface area contributed by atoms with Crippen LogP contribution in [0.15, 0.2) is 23.2 Å². The molecule has 1 aromatic carbocycles. The van der Waals surface area contributed by atoms with Gasteiger partial charge in [-0.3, -0.25) is 9.67 Å². The zero-order valence-corrected chi connectivity index (χ0v) is 21.0. The van der Waals surface area contributed by atoms with Crippen LogP contribution in [0.1, 0.15) is 28.1 Å². The van der Waals surface area contributed by atoms with E-state index in [0.717, 1.165) is 17.0 Å². The van der Waals surface area contributed by atoms with Crippen molar-refractivity contribution in [3.8, 4) is 0 Å². The van der Waals surface area contributed by atoms with Crippen molar-refractivity contribution in [2.75, 3.05) is 38.3 Å². The SMILES string of the molecule is CN=C(NCc1ccc(N2CCOCC2)cc1C(F)(F)F)NCc1c(C)nn(C)c1C.I. The number of benzene rings is 1. The van der Waals surface area contributed by atoms with E-state index in [1.165, 1.54) is 12.1 Å². The van der Waals surface area contributed by atoms with Crippen LogP contribution in [-0.4, -0.2) is 49.1 Å². The molecule has 1 aliphatic rings. The summed E-state index contributed by atoms with van der Waals surface area (Å²) in [7, 11) is 3.46. The van der Waals surface area contributed by atoms with E-state index >= 15 is 0 Å². The highest BCUT2D eigenvalue weighted by atomic mass is 127. The molecule has 2 aromatic rings. The van der Waals surface area contributed by atoms with Crippen LogP contribution >= 0.6 is 24.0 Å². The number of aromatic nitrogens is 2. The summed E-state index contributed by atoms with van der Waals surface area (Å²) in [6.07, 6.45) is -4.44. The quantitative estimate of drug-likeness (QED) is 0.330. The highest BCUT2D eigenvalue weighted by molar-refractivity contribution is 14.0. The Morgan fingerprint density at radius 1 is 1.16 bits per heavy atom. The molecule has 2 N–H and O–H groups in total. The monoisotopic (exact) mass is 566 g/mol. The summed E-state index contributed by atoms with van der Waals surface area (Å²) in [4.78, 5) is 6.04. The van der Waals surface area contributed by atoms with E-state index in [4.69, 9.17) is 4.74 Å². The highest BCUT2D eigenvalue weighted by Gasteiger charge is 2.34. The maximum atomic E-state index is 13.7. The molecular weight excluding hydrogens is 536 g/mol. The van der Waals surface area contributed by atoms with Crippen LogP contribution in [0.2, 0.25) is 0 Å². The van der Waals surface area contributed by atoms with Gasteiger partial charge >= 0.3 is 6.18 Å². The van der Waals surface area contributed by atoms with Crippen molar-refractivity contribution in [2.45, 2.75) is 33.1 Å². The zero-order chi connectivity index (χ0) is 22.6. The average Bonchev–Trinajstić information content (AvgIpc) is 2.99. The van der Waals surface area contributed by atoms with E-state index < -0.39 is 11.7 Å². The van der Waals surface area contributed by atoms with Gasteiger partial charge in [0.25, 0.3) is 0 Å². The van der Waals surface area contributed by atoms with E-state index in [9.17, 15) is 13.2 Å². The number of halogens is 4. The molecule has 2 heterocycles. The molecule has 7 nitrogen and oxygen atoms in total. The van der Waals surface area contributed by atoms with Gasteiger partial charge in [0.1, 0.15) is 0 Å². The minimum atomic E-state index is -4.44. The molecule has 178 valence electrons. The van der Waals surface area contributed by atoms with Crippen LogP contribution in [-0.2, 0) is 31.1 Å². The Balaban J connectivity index is 0.00000363. The van der Waals surface area contributed by atoms with Gasteiger partial charge in [0, 0.05) is 57.2 Å². The molecule has 1 saturated heterocycles. The highest BCUT2D eigenvalue weighted by Crippen LogP contribution is 2.35. The second-order valence-corrected chi connectivity index (χ2v) is 7.49. The fraction of sp³-hybridized carbons (Fsp3) is 0.524. The molecule has 0 aliphatic carbocycles. The third kappa shape index (κ3) is 6.27. The van der Waals surface area contributed by atoms with Gasteiger partial charge in [0.2, 0.25) is 0 Å². The first-order valence-corrected chi connectivity index (χ1v) is 10.2. The Kier molecular flexibility index (Phi) is 9.19. The molecule has 1 aliphatic heterocycles. The van der Waals surface area contributed by atoms with Crippen LogP contribution in [0, 0.1) is 13.8 Å². The van der Waals surface area contributed by atoms with E-state index in [2.05, 4.69) is 20.7 Å². The fourth-order valence-corrected chi connectivity index (χ4v) is 3.65. The first-order valence-electron chi connectivity index (χ1n) is 10.2. The van der Waals surface area contributed by atoms with Gasteiger partial charge < -0.3 is 20.3 Å². The van der Waals surface area contributed by atoms with Crippen molar-refractivity contribution in [1.82, 2.24) is 20.4 Å². The van der Waals surface area contributed by atoms with Crippen LogP contribution in [0.25, 0.3) is 0 Å². The number of aryl methyl sites for hydroxylation is 2. The Bertz CT molecular complexity index is 938. The van der Waals surface area contributed by atoms with E-state index in [0.29, 0.717) is 44.5 Å². The van der Waals surface area contributed by atoms with Gasteiger partial charge in [-0.25, -0.2) is 0 Å². The maximum absolute atomic E-state index is 13.7. The van der Waals surface area contributed by atoms with Gasteiger partial charge in [0.05, 0.1) is 24.5 Å². The van der Waals surface area contributed by atoms with Gasteiger partial charge in [-0.1, -0.05) is 6.07 Å². The summed E-state index contributed by atoms with van der Waals surface area (Å²) in [5.41, 5.74) is 3.06. The predicted octanol–water partition coefficient (Wildman–Crippen LogP) is 3.38. The maximum Gasteiger partial charge on any atom is 0.416 e. The zero-order valence-electron chi connectivity index (χ0n) is 18.7. The number of hydrogen-bond acceptors (Lipinski definition) is 4. The number of hydrogen-bond donors (Lipinski definition) is 2. The number of rotatable bonds is 5. The molecule has 0 unspecified atom stereocenters. The van der Waals surface area contributed by atoms with E-state index in [-0.39, 0.29) is 36.1 Å². The molecule has 0 spiro atoms. The van der Waals surface area contributed by atoms with E-state index in [1.54, 1.807) is 17.8 Å². The van der Waals surface area contributed by atoms with Crippen molar-refractivity contribution in [3.05, 3.63) is 46.3 Å². The van der Waals surface area contributed by atoms with Gasteiger partial charge in [-0.05, 0) is 31.5 Å². The topological polar surface area (TPSA) is 66.7 Å². The van der Waals surface area contributed by atoms with Crippen LogP contribution < -0.4 is 15.5 Å². The number of anilines is 1. The first kappa shape index (κ1) is 26.2. The summed E-state index contributed by atoms with van der Waals surface area (Å²) < 4.78 is 48.3. The molecular formula is C21H30F3IN6O. The molecule has 11 heteroatoms. The van der Waals surface area contributed by atoms with Crippen LogP contribution in [0.4, 0.5) is 18.9 Å². The number of aliphatic imine (C=N–C) groups is 1. The van der Waals surface area contributed by atoms with E-state index in [1.807, 2.05) is 25.8 Å². The Hall–Kier alpha value is -2.02. The second kappa shape index (κ2) is 11.2.